The number of benzene rings is 1. The maximum Gasteiger partial charge on any atom is 0.401 e. The number of alkyl halides is 3. The molecule has 28 heavy (non-hydrogen) atoms. The third-order valence-electron chi connectivity index (χ3n) is 3.82. The fraction of sp³-hybridized carbons (Fsp3) is 0.611. The van der Waals surface area contributed by atoms with Crippen molar-refractivity contribution in [1.29, 1.82) is 0 Å². The molecular formula is C18H28F3IN4O2. The van der Waals surface area contributed by atoms with Crippen LogP contribution in [0.15, 0.2) is 29.3 Å². The maximum absolute atomic E-state index is 12.3. The number of ether oxygens (including phenoxy) is 2. The summed E-state index contributed by atoms with van der Waals surface area (Å²) < 4.78 is 48.4. The van der Waals surface area contributed by atoms with Crippen molar-refractivity contribution in [2.75, 3.05) is 46.4 Å². The molecule has 1 heterocycles. The van der Waals surface area contributed by atoms with Gasteiger partial charge in [-0.2, -0.15) is 13.2 Å². The maximum atomic E-state index is 12.3. The summed E-state index contributed by atoms with van der Waals surface area (Å²) in [5, 5.41) is 6.25. The molecule has 0 saturated carbocycles. The summed E-state index contributed by atoms with van der Waals surface area (Å²) in [6.07, 6.45) is -3.78. The first-order valence-corrected chi connectivity index (χ1v) is 9.03. The summed E-state index contributed by atoms with van der Waals surface area (Å²) >= 11 is 0. The van der Waals surface area contributed by atoms with E-state index in [0.29, 0.717) is 50.9 Å². The Hall–Kier alpha value is -1.43. The van der Waals surface area contributed by atoms with Crippen molar-refractivity contribution >= 4 is 29.9 Å². The minimum absolute atomic E-state index is 0. The summed E-state index contributed by atoms with van der Waals surface area (Å²) in [5.41, 5.74) is 0. The molecule has 1 unspecified atom stereocenters. The largest absolute Gasteiger partial charge is 0.486 e. The van der Waals surface area contributed by atoms with Crippen LogP contribution in [0.2, 0.25) is 0 Å². The number of halogens is 4. The normalized spacial score (nSPS) is 16.5. The Morgan fingerprint density at radius 2 is 1.96 bits per heavy atom. The van der Waals surface area contributed by atoms with E-state index >= 15 is 0 Å². The van der Waals surface area contributed by atoms with Crippen LogP contribution in [0.1, 0.15) is 13.3 Å². The van der Waals surface area contributed by atoms with Crippen molar-refractivity contribution in [3.05, 3.63) is 24.3 Å². The number of para-hydroxylation sites is 2. The quantitative estimate of drug-likeness (QED) is 0.241. The molecule has 0 fully saturated rings. The first kappa shape index (κ1) is 24.6. The zero-order valence-electron chi connectivity index (χ0n) is 16.1. The highest BCUT2D eigenvalue weighted by atomic mass is 127. The van der Waals surface area contributed by atoms with Gasteiger partial charge in [0.05, 0.1) is 13.1 Å². The minimum atomic E-state index is -4.17. The molecule has 1 aliphatic rings. The molecule has 1 aromatic rings. The number of aliphatic imine (C=N–C) groups is 1. The standard InChI is InChI=1S/C18H27F3N4O2.HI/c1-3-22-17(23-9-6-10-25(2)13-18(19,20)21)24-11-14-12-26-15-7-4-5-8-16(15)27-14;/h4-5,7-8,14H,3,6,9-13H2,1-2H3,(H2,22,23,24);1H. The molecule has 1 aromatic carbocycles. The minimum Gasteiger partial charge on any atom is -0.486 e. The lowest BCUT2D eigenvalue weighted by Gasteiger charge is -2.25. The Balaban J connectivity index is 0.00000392. The third kappa shape index (κ3) is 9.18. The smallest absolute Gasteiger partial charge is 0.401 e. The van der Waals surface area contributed by atoms with Gasteiger partial charge in [-0.05, 0) is 39.1 Å². The fourth-order valence-corrected chi connectivity index (χ4v) is 2.63. The summed E-state index contributed by atoms with van der Waals surface area (Å²) in [5.74, 6) is 2.04. The molecule has 1 aliphatic heterocycles. The molecule has 0 bridgehead atoms. The van der Waals surface area contributed by atoms with Gasteiger partial charge in [-0.25, -0.2) is 4.99 Å². The van der Waals surface area contributed by atoms with Gasteiger partial charge in [0.2, 0.25) is 0 Å². The van der Waals surface area contributed by atoms with Gasteiger partial charge in [0.25, 0.3) is 0 Å². The Morgan fingerprint density at radius 3 is 2.64 bits per heavy atom. The molecule has 10 heteroatoms. The SMILES string of the molecule is CCNC(=NCC1COc2ccccc2O1)NCCCN(C)CC(F)(F)F.I. The second-order valence-electron chi connectivity index (χ2n) is 6.35. The van der Waals surface area contributed by atoms with Crippen molar-refractivity contribution in [3.8, 4) is 11.5 Å². The summed E-state index contributed by atoms with van der Waals surface area (Å²) in [6, 6.07) is 7.48. The van der Waals surface area contributed by atoms with Crippen LogP contribution in [-0.2, 0) is 0 Å². The van der Waals surface area contributed by atoms with Gasteiger partial charge in [-0.15, -0.1) is 24.0 Å². The number of hydrogen-bond acceptors (Lipinski definition) is 4. The highest BCUT2D eigenvalue weighted by Crippen LogP contribution is 2.30. The molecule has 0 radical (unpaired) electrons. The van der Waals surface area contributed by atoms with E-state index < -0.39 is 12.7 Å². The van der Waals surface area contributed by atoms with Crippen molar-refractivity contribution in [2.24, 2.45) is 4.99 Å². The van der Waals surface area contributed by atoms with Crippen LogP contribution in [0.25, 0.3) is 0 Å². The zero-order chi connectivity index (χ0) is 19.7. The monoisotopic (exact) mass is 516 g/mol. The Morgan fingerprint density at radius 1 is 1.25 bits per heavy atom. The van der Waals surface area contributed by atoms with E-state index in [1.165, 1.54) is 11.9 Å². The molecule has 0 spiro atoms. The van der Waals surface area contributed by atoms with Crippen LogP contribution in [0.4, 0.5) is 13.2 Å². The van der Waals surface area contributed by atoms with Crippen LogP contribution >= 0.6 is 24.0 Å². The molecular weight excluding hydrogens is 488 g/mol. The highest BCUT2D eigenvalue weighted by Gasteiger charge is 2.28. The van der Waals surface area contributed by atoms with Gasteiger partial charge in [-0.3, -0.25) is 4.90 Å². The number of fused-ring (bicyclic) bond motifs is 1. The lowest BCUT2D eigenvalue weighted by atomic mass is 10.2. The molecule has 2 rings (SSSR count). The molecule has 1 atom stereocenters. The molecule has 6 nitrogen and oxygen atoms in total. The first-order chi connectivity index (χ1) is 12.9. The van der Waals surface area contributed by atoms with E-state index in [9.17, 15) is 13.2 Å². The van der Waals surface area contributed by atoms with Crippen molar-refractivity contribution < 1.29 is 22.6 Å². The number of nitrogens with zero attached hydrogens (tertiary/aromatic N) is 2. The second-order valence-corrected chi connectivity index (χ2v) is 6.35. The van der Waals surface area contributed by atoms with Gasteiger partial charge in [0.1, 0.15) is 6.61 Å². The van der Waals surface area contributed by atoms with E-state index in [4.69, 9.17) is 9.47 Å². The van der Waals surface area contributed by atoms with Crippen LogP contribution in [0.5, 0.6) is 11.5 Å². The van der Waals surface area contributed by atoms with Gasteiger partial charge in [-0.1, -0.05) is 12.1 Å². The Labute approximate surface area is 180 Å². The lowest BCUT2D eigenvalue weighted by molar-refractivity contribution is -0.143. The predicted molar refractivity (Wildman–Crippen MR) is 114 cm³/mol. The van der Waals surface area contributed by atoms with Gasteiger partial charge >= 0.3 is 6.18 Å². The van der Waals surface area contributed by atoms with Crippen molar-refractivity contribution in [1.82, 2.24) is 15.5 Å². The second kappa shape index (κ2) is 12.2. The molecule has 0 aromatic heterocycles. The number of nitrogens with one attached hydrogen (secondary N) is 2. The van der Waals surface area contributed by atoms with Gasteiger partial charge in [0.15, 0.2) is 23.6 Å². The van der Waals surface area contributed by atoms with E-state index in [-0.39, 0.29) is 30.1 Å². The van der Waals surface area contributed by atoms with Crippen LogP contribution in [0, 0.1) is 0 Å². The van der Waals surface area contributed by atoms with Crippen molar-refractivity contribution in [3.63, 3.8) is 0 Å². The van der Waals surface area contributed by atoms with Crippen LogP contribution in [0.3, 0.4) is 0 Å². The summed E-state index contributed by atoms with van der Waals surface area (Å²) in [7, 11) is 1.46. The van der Waals surface area contributed by atoms with Gasteiger partial charge in [0, 0.05) is 13.1 Å². The van der Waals surface area contributed by atoms with Gasteiger partial charge < -0.3 is 20.1 Å². The number of guanidine groups is 1. The van der Waals surface area contributed by atoms with E-state index in [0.717, 1.165) is 5.75 Å². The van der Waals surface area contributed by atoms with E-state index in [1.807, 2.05) is 31.2 Å². The van der Waals surface area contributed by atoms with E-state index in [2.05, 4.69) is 15.6 Å². The molecule has 0 saturated heterocycles. The Bertz CT molecular complexity index is 617. The first-order valence-electron chi connectivity index (χ1n) is 9.03. The molecule has 0 aliphatic carbocycles. The Kier molecular flexibility index (Phi) is 10.7. The molecule has 2 N–H and O–H groups in total. The molecule has 0 amide bonds. The fourth-order valence-electron chi connectivity index (χ4n) is 2.63. The summed E-state index contributed by atoms with van der Waals surface area (Å²) in [4.78, 5) is 5.74. The average molecular weight is 516 g/mol. The van der Waals surface area contributed by atoms with Crippen molar-refractivity contribution in [2.45, 2.75) is 25.6 Å². The topological polar surface area (TPSA) is 58.1 Å². The van der Waals surface area contributed by atoms with E-state index in [1.54, 1.807) is 0 Å². The lowest BCUT2D eigenvalue weighted by Crippen LogP contribution is -2.40. The average Bonchev–Trinajstić information content (AvgIpc) is 2.61. The molecule has 160 valence electrons. The highest BCUT2D eigenvalue weighted by molar-refractivity contribution is 14.0. The third-order valence-corrected chi connectivity index (χ3v) is 3.82. The van der Waals surface area contributed by atoms with Crippen LogP contribution in [-0.4, -0.2) is 69.5 Å². The predicted octanol–water partition coefficient (Wildman–Crippen LogP) is 2.88. The summed E-state index contributed by atoms with van der Waals surface area (Å²) in [6.45, 7) is 3.44. The number of rotatable bonds is 8. The zero-order valence-corrected chi connectivity index (χ0v) is 18.4. The van der Waals surface area contributed by atoms with Crippen LogP contribution < -0.4 is 20.1 Å². The number of hydrogen-bond donors (Lipinski definition) is 2.